The van der Waals surface area contributed by atoms with Gasteiger partial charge in [0.2, 0.25) is 5.91 Å². The smallest absolute Gasteiger partial charge is 0.227 e. The number of aromatic nitrogens is 1. The van der Waals surface area contributed by atoms with Crippen LogP contribution in [0.1, 0.15) is 29.2 Å². The van der Waals surface area contributed by atoms with E-state index in [-0.39, 0.29) is 18.4 Å². The number of hydrogen-bond acceptors (Lipinski definition) is 3. The number of halogens is 3. The van der Waals surface area contributed by atoms with Crippen LogP contribution in [0.3, 0.4) is 0 Å². The minimum atomic E-state index is -0.199. The highest BCUT2D eigenvalue weighted by Gasteiger charge is 2.14. The van der Waals surface area contributed by atoms with Crippen LogP contribution in [-0.4, -0.2) is 10.9 Å². The first-order chi connectivity index (χ1) is 9.99. The molecule has 0 spiro atoms. The second-order valence-electron chi connectivity index (χ2n) is 4.50. The summed E-state index contributed by atoms with van der Waals surface area (Å²) in [4.78, 5) is 16.3. The van der Waals surface area contributed by atoms with Gasteiger partial charge in [-0.15, -0.1) is 22.9 Å². The topological polar surface area (TPSA) is 42.0 Å². The van der Waals surface area contributed by atoms with Gasteiger partial charge in [0.05, 0.1) is 24.0 Å². The number of carbonyl (C=O) groups is 1. The van der Waals surface area contributed by atoms with Crippen molar-refractivity contribution in [2.24, 2.45) is 0 Å². The first-order valence-electron chi connectivity index (χ1n) is 6.23. The van der Waals surface area contributed by atoms with Gasteiger partial charge in [-0.3, -0.25) is 4.79 Å². The lowest BCUT2D eigenvalue weighted by Gasteiger charge is -2.15. The molecule has 1 unspecified atom stereocenters. The Hall–Kier alpha value is -0.810. The number of alkyl halides is 1. The number of thiazole rings is 1. The maximum Gasteiger partial charge on any atom is 0.227 e. The summed E-state index contributed by atoms with van der Waals surface area (Å²) in [5.74, 6) is 0.249. The molecule has 7 heteroatoms. The summed E-state index contributed by atoms with van der Waals surface area (Å²) in [7, 11) is 0. The Morgan fingerprint density at radius 1 is 1.43 bits per heavy atom. The fourth-order valence-electron chi connectivity index (χ4n) is 1.85. The van der Waals surface area contributed by atoms with Crippen LogP contribution >= 0.6 is 46.1 Å². The first kappa shape index (κ1) is 16.6. The Balaban J connectivity index is 1.98. The number of nitrogens with zero attached hydrogens (tertiary/aromatic N) is 1. The molecule has 1 aromatic heterocycles. The summed E-state index contributed by atoms with van der Waals surface area (Å²) in [6.07, 6.45) is 0.233. The molecule has 21 heavy (non-hydrogen) atoms. The third-order valence-corrected chi connectivity index (χ3v) is 4.59. The van der Waals surface area contributed by atoms with E-state index < -0.39 is 0 Å². The Bertz CT molecular complexity index is 645. The monoisotopic (exact) mass is 362 g/mol. The molecule has 0 aliphatic heterocycles. The van der Waals surface area contributed by atoms with Crippen LogP contribution < -0.4 is 5.32 Å². The van der Waals surface area contributed by atoms with E-state index >= 15 is 0 Å². The van der Waals surface area contributed by atoms with Crippen molar-refractivity contribution in [2.75, 3.05) is 0 Å². The predicted octanol–water partition coefficient (Wildman–Crippen LogP) is 4.61. The minimum Gasteiger partial charge on any atom is -0.349 e. The van der Waals surface area contributed by atoms with Crippen LogP contribution in [0.15, 0.2) is 23.6 Å². The molecule has 0 saturated carbocycles. The molecular weight excluding hydrogens is 351 g/mol. The molecule has 2 aromatic rings. The molecule has 0 saturated heterocycles. The maximum atomic E-state index is 12.0. The largest absolute Gasteiger partial charge is 0.349 e. The molecule has 0 fully saturated rings. The van der Waals surface area contributed by atoms with Crippen LogP contribution in [0.2, 0.25) is 10.0 Å². The van der Waals surface area contributed by atoms with E-state index in [2.05, 4.69) is 10.3 Å². The predicted molar refractivity (Wildman–Crippen MR) is 88.4 cm³/mol. The number of carbonyl (C=O) groups excluding carboxylic acids is 1. The molecule has 0 aliphatic carbocycles. The quantitative estimate of drug-likeness (QED) is 0.788. The summed E-state index contributed by atoms with van der Waals surface area (Å²) in [5, 5.41) is 6.61. The molecule has 1 aromatic carbocycles. The second kappa shape index (κ2) is 7.45. The Morgan fingerprint density at radius 3 is 2.81 bits per heavy atom. The van der Waals surface area contributed by atoms with Crippen molar-refractivity contribution in [3.63, 3.8) is 0 Å². The van der Waals surface area contributed by atoms with Crippen molar-refractivity contribution >= 4 is 52.0 Å². The molecule has 1 N–H and O–H groups in total. The number of rotatable bonds is 5. The van der Waals surface area contributed by atoms with Gasteiger partial charge in [0.15, 0.2) is 0 Å². The summed E-state index contributed by atoms with van der Waals surface area (Å²) in [6, 6.07) is 5.02. The molecule has 1 heterocycles. The van der Waals surface area contributed by atoms with Crippen LogP contribution in [0.4, 0.5) is 0 Å². The zero-order valence-electron chi connectivity index (χ0n) is 11.2. The number of amides is 1. The van der Waals surface area contributed by atoms with Crippen LogP contribution in [0, 0.1) is 0 Å². The highest BCUT2D eigenvalue weighted by Crippen LogP contribution is 2.26. The third-order valence-electron chi connectivity index (χ3n) is 2.85. The van der Waals surface area contributed by atoms with Crippen molar-refractivity contribution in [3.8, 4) is 0 Å². The molecule has 0 bridgehead atoms. The Kier molecular flexibility index (Phi) is 5.88. The molecule has 1 amide bonds. The average molecular weight is 364 g/mol. The molecule has 112 valence electrons. The van der Waals surface area contributed by atoms with E-state index in [0.29, 0.717) is 15.9 Å². The molecule has 1 atom stereocenters. The second-order valence-corrected chi connectivity index (χ2v) is 6.55. The first-order valence-corrected chi connectivity index (χ1v) is 8.40. The van der Waals surface area contributed by atoms with Crippen LogP contribution in [-0.2, 0) is 17.1 Å². The van der Waals surface area contributed by atoms with Crippen molar-refractivity contribution in [1.29, 1.82) is 0 Å². The van der Waals surface area contributed by atoms with E-state index in [1.807, 2.05) is 18.4 Å². The van der Waals surface area contributed by atoms with E-state index in [1.165, 1.54) is 11.3 Å². The van der Waals surface area contributed by atoms with Gasteiger partial charge in [-0.1, -0.05) is 29.3 Å². The molecular formula is C14H13Cl3N2OS. The summed E-state index contributed by atoms with van der Waals surface area (Å²) in [6.45, 7) is 1.87. The summed E-state index contributed by atoms with van der Waals surface area (Å²) >= 11 is 19.1. The fourth-order valence-corrected chi connectivity index (χ4v) is 3.44. The van der Waals surface area contributed by atoms with Crippen molar-refractivity contribution < 1.29 is 4.79 Å². The van der Waals surface area contributed by atoms with Crippen molar-refractivity contribution in [3.05, 3.63) is 49.9 Å². The van der Waals surface area contributed by atoms with Gasteiger partial charge in [-0.05, 0) is 24.6 Å². The maximum absolute atomic E-state index is 12.0. The zero-order chi connectivity index (χ0) is 15.4. The summed E-state index contributed by atoms with van der Waals surface area (Å²) in [5.41, 5.74) is 1.62. The number of nitrogens with one attached hydrogen (secondary N) is 1. The summed E-state index contributed by atoms with van der Waals surface area (Å²) < 4.78 is 0. The van der Waals surface area contributed by atoms with Crippen LogP contribution in [0.25, 0.3) is 0 Å². The lowest BCUT2D eigenvalue weighted by Crippen LogP contribution is -2.28. The average Bonchev–Trinajstić information content (AvgIpc) is 2.85. The highest BCUT2D eigenvalue weighted by atomic mass is 35.5. The zero-order valence-corrected chi connectivity index (χ0v) is 14.3. The van der Waals surface area contributed by atoms with E-state index in [0.717, 1.165) is 16.3 Å². The SMILES string of the molecule is CC(NC(=O)Cc1nc(CCl)cs1)c1ccc(Cl)cc1Cl. The molecule has 0 radical (unpaired) electrons. The van der Waals surface area contributed by atoms with E-state index in [1.54, 1.807) is 12.1 Å². The van der Waals surface area contributed by atoms with Gasteiger partial charge >= 0.3 is 0 Å². The number of hydrogen-bond donors (Lipinski definition) is 1. The van der Waals surface area contributed by atoms with Crippen molar-refractivity contribution in [2.45, 2.75) is 25.3 Å². The molecule has 0 aliphatic rings. The number of benzene rings is 1. The molecule has 3 nitrogen and oxygen atoms in total. The van der Waals surface area contributed by atoms with Gasteiger partial charge in [-0.25, -0.2) is 4.98 Å². The van der Waals surface area contributed by atoms with Gasteiger partial charge in [0, 0.05) is 15.4 Å². The molecule has 2 rings (SSSR count). The van der Waals surface area contributed by atoms with Crippen molar-refractivity contribution in [1.82, 2.24) is 10.3 Å². The Morgan fingerprint density at radius 2 is 2.19 bits per heavy atom. The Labute approximate surface area is 142 Å². The normalized spacial score (nSPS) is 12.2. The lowest BCUT2D eigenvalue weighted by atomic mass is 10.1. The van der Waals surface area contributed by atoms with E-state index in [4.69, 9.17) is 34.8 Å². The fraction of sp³-hybridized carbons (Fsp3) is 0.286. The minimum absolute atomic E-state index is 0.107. The van der Waals surface area contributed by atoms with Gasteiger partial charge < -0.3 is 5.32 Å². The standard InChI is InChI=1S/C14H13Cl3N2OS/c1-8(11-3-2-9(16)4-12(11)17)18-13(20)5-14-19-10(6-15)7-21-14/h2-4,7-8H,5-6H2,1H3,(H,18,20). The lowest BCUT2D eigenvalue weighted by molar-refractivity contribution is -0.121. The van der Waals surface area contributed by atoms with Gasteiger partial charge in [0.1, 0.15) is 5.01 Å². The van der Waals surface area contributed by atoms with Crippen LogP contribution in [0.5, 0.6) is 0 Å². The van der Waals surface area contributed by atoms with Gasteiger partial charge in [-0.2, -0.15) is 0 Å². The van der Waals surface area contributed by atoms with E-state index in [9.17, 15) is 4.79 Å². The highest BCUT2D eigenvalue weighted by molar-refractivity contribution is 7.09. The third kappa shape index (κ3) is 4.58. The van der Waals surface area contributed by atoms with Gasteiger partial charge in [0.25, 0.3) is 0 Å².